The summed E-state index contributed by atoms with van der Waals surface area (Å²) in [5, 5.41) is 0. The van der Waals surface area contributed by atoms with Crippen LogP contribution < -0.4 is 4.90 Å². The summed E-state index contributed by atoms with van der Waals surface area (Å²) in [5.41, 5.74) is 1.21. The lowest BCUT2D eigenvalue weighted by molar-refractivity contribution is 0.312. The molecule has 0 saturated carbocycles. The molecule has 2 heterocycles. The number of furan rings is 1. The highest BCUT2D eigenvalue weighted by Crippen LogP contribution is 2.15. The summed E-state index contributed by atoms with van der Waals surface area (Å²) >= 11 is 0. The molecule has 1 saturated heterocycles. The second-order valence-corrected chi connectivity index (χ2v) is 3.27. The van der Waals surface area contributed by atoms with Crippen molar-refractivity contribution in [1.29, 1.82) is 0 Å². The molecule has 3 heteroatoms. The van der Waals surface area contributed by atoms with E-state index in [2.05, 4.69) is 16.8 Å². The van der Waals surface area contributed by atoms with Gasteiger partial charge in [-0.1, -0.05) is 0 Å². The Morgan fingerprint density at radius 1 is 1.25 bits per heavy atom. The zero-order valence-corrected chi connectivity index (χ0v) is 7.36. The molecule has 0 atom stereocenters. The van der Waals surface area contributed by atoms with E-state index in [4.69, 9.17) is 4.42 Å². The largest absolute Gasteiger partial charge is 0.470 e. The smallest absolute Gasteiger partial charge is 0.114 e. The fraction of sp³-hybridized carbons (Fsp3) is 0.556. The van der Waals surface area contributed by atoms with Gasteiger partial charge in [-0.05, 0) is 13.1 Å². The SMILES string of the molecule is CN1CCN(c2ccoc2)CC1. The van der Waals surface area contributed by atoms with Crippen molar-refractivity contribution in [3.05, 3.63) is 18.6 Å². The maximum atomic E-state index is 5.04. The lowest BCUT2D eigenvalue weighted by atomic mass is 10.3. The van der Waals surface area contributed by atoms with Crippen molar-refractivity contribution >= 4 is 5.69 Å². The number of rotatable bonds is 1. The van der Waals surface area contributed by atoms with Crippen LogP contribution in [-0.4, -0.2) is 38.1 Å². The molecule has 1 aliphatic heterocycles. The zero-order chi connectivity index (χ0) is 8.39. The minimum atomic E-state index is 1.11. The highest BCUT2D eigenvalue weighted by Gasteiger charge is 2.14. The number of hydrogen-bond donors (Lipinski definition) is 0. The topological polar surface area (TPSA) is 19.6 Å². The number of piperazine rings is 1. The van der Waals surface area contributed by atoms with Gasteiger partial charge in [0, 0.05) is 26.2 Å². The Bertz CT molecular complexity index is 225. The van der Waals surface area contributed by atoms with Gasteiger partial charge in [-0.3, -0.25) is 0 Å². The van der Waals surface area contributed by atoms with Gasteiger partial charge in [0.05, 0.1) is 12.0 Å². The summed E-state index contributed by atoms with van der Waals surface area (Å²) in [6, 6.07) is 2.02. The Morgan fingerprint density at radius 2 is 2.00 bits per heavy atom. The Kier molecular flexibility index (Phi) is 2.04. The van der Waals surface area contributed by atoms with Gasteiger partial charge in [0.25, 0.3) is 0 Å². The van der Waals surface area contributed by atoms with E-state index in [1.54, 1.807) is 6.26 Å². The molecule has 2 rings (SSSR count). The van der Waals surface area contributed by atoms with Crippen LogP contribution in [-0.2, 0) is 0 Å². The molecule has 0 spiro atoms. The molecule has 0 amide bonds. The Balaban J connectivity index is 1.99. The van der Waals surface area contributed by atoms with Crippen LogP contribution in [0, 0.1) is 0 Å². The summed E-state index contributed by atoms with van der Waals surface area (Å²) in [7, 11) is 2.16. The second kappa shape index (κ2) is 3.19. The third-order valence-electron chi connectivity index (χ3n) is 2.37. The summed E-state index contributed by atoms with van der Waals surface area (Å²) < 4.78 is 5.04. The second-order valence-electron chi connectivity index (χ2n) is 3.27. The molecule has 66 valence electrons. The number of likely N-dealkylation sites (N-methyl/N-ethyl adjacent to an activating group) is 1. The van der Waals surface area contributed by atoms with Gasteiger partial charge < -0.3 is 14.2 Å². The fourth-order valence-corrected chi connectivity index (χ4v) is 1.50. The van der Waals surface area contributed by atoms with Crippen molar-refractivity contribution in [2.24, 2.45) is 0 Å². The van der Waals surface area contributed by atoms with Crippen LogP contribution in [0.25, 0.3) is 0 Å². The molecule has 0 N–H and O–H groups in total. The monoisotopic (exact) mass is 166 g/mol. The molecule has 12 heavy (non-hydrogen) atoms. The Hall–Kier alpha value is -0.960. The summed E-state index contributed by atoms with van der Waals surface area (Å²) in [6.45, 7) is 4.50. The van der Waals surface area contributed by atoms with Gasteiger partial charge in [0.1, 0.15) is 6.26 Å². The van der Waals surface area contributed by atoms with Gasteiger partial charge >= 0.3 is 0 Å². The molecule has 0 aliphatic carbocycles. The minimum Gasteiger partial charge on any atom is -0.470 e. The van der Waals surface area contributed by atoms with Crippen LogP contribution in [0.5, 0.6) is 0 Å². The summed E-state index contributed by atoms with van der Waals surface area (Å²) in [4.78, 5) is 4.69. The highest BCUT2D eigenvalue weighted by atomic mass is 16.3. The van der Waals surface area contributed by atoms with Gasteiger partial charge in [-0.2, -0.15) is 0 Å². The summed E-state index contributed by atoms with van der Waals surface area (Å²) in [5.74, 6) is 0. The first-order valence-corrected chi connectivity index (χ1v) is 4.32. The first-order valence-electron chi connectivity index (χ1n) is 4.32. The summed E-state index contributed by atoms with van der Waals surface area (Å²) in [6.07, 6.45) is 3.54. The van der Waals surface area contributed by atoms with Crippen molar-refractivity contribution in [3.63, 3.8) is 0 Å². The molecular weight excluding hydrogens is 152 g/mol. The van der Waals surface area contributed by atoms with Gasteiger partial charge in [-0.25, -0.2) is 0 Å². The van der Waals surface area contributed by atoms with Crippen molar-refractivity contribution in [2.45, 2.75) is 0 Å². The van der Waals surface area contributed by atoms with Crippen molar-refractivity contribution < 1.29 is 4.42 Å². The third-order valence-corrected chi connectivity index (χ3v) is 2.37. The molecule has 1 aromatic rings. The van der Waals surface area contributed by atoms with Crippen LogP contribution in [0.15, 0.2) is 23.0 Å². The van der Waals surface area contributed by atoms with Crippen LogP contribution in [0.3, 0.4) is 0 Å². The molecule has 1 aromatic heterocycles. The van der Waals surface area contributed by atoms with E-state index in [-0.39, 0.29) is 0 Å². The quantitative estimate of drug-likeness (QED) is 0.621. The van der Waals surface area contributed by atoms with E-state index in [0.29, 0.717) is 0 Å². The van der Waals surface area contributed by atoms with Crippen LogP contribution in [0.1, 0.15) is 0 Å². The molecule has 0 aromatic carbocycles. The van der Waals surface area contributed by atoms with E-state index in [0.717, 1.165) is 26.2 Å². The van der Waals surface area contributed by atoms with Crippen molar-refractivity contribution in [1.82, 2.24) is 4.90 Å². The van der Waals surface area contributed by atoms with E-state index < -0.39 is 0 Å². The lowest BCUT2D eigenvalue weighted by Gasteiger charge is -2.32. The predicted octanol–water partition coefficient (Wildman–Crippen LogP) is 1.03. The third kappa shape index (κ3) is 1.46. The molecular formula is C9H14N2O. The maximum absolute atomic E-state index is 5.04. The van der Waals surface area contributed by atoms with Gasteiger partial charge in [0.15, 0.2) is 0 Å². The van der Waals surface area contributed by atoms with Gasteiger partial charge in [-0.15, -0.1) is 0 Å². The van der Waals surface area contributed by atoms with Crippen LogP contribution in [0.2, 0.25) is 0 Å². The molecule has 0 bridgehead atoms. The average molecular weight is 166 g/mol. The predicted molar refractivity (Wildman–Crippen MR) is 48.4 cm³/mol. The number of hydrogen-bond acceptors (Lipinski definition) is 3. The first kappa shape index (κ1) is 7.68. The van der Waals surface area contributed by atoms with E-state index in [9.17, 15) is 0 Å². The molecule has 0 unspecified atom stereocenters. The molecule has 0 radical (unpaired) electrons. The molecule has 3 nitrogen and oxygen atoms in total. The molecule has 1 fully saturated rings. The van der Waals surface area contributed by atoms with Crippen molar-refractivity contribution in [2.75, 3.05) is 38.1 Å². The highest BCUT2D eigenvalue weighted by molar-refractivity contribution is 5.43. The fourth-order valence-electron chi connectivity index (χ4n) is 1.50. The van der Waals surface area contributed by atoms with Gasteiger partial charge in [0.2, 0.25) is 0 Å². The van der Waals surface area contributed by atoms with E-state index >= 15 is 0 Å². The number of anilines is 1. The number of nitrogens with zero attached hydrogens (tertiary/aromatic N) is 2. The Labute approximate surface area is 72.6 Å². The average Bonchev–Trinajstić information content (AvgIpc) is 2.58. The van der Waals surface area contributed by atoms with E-state index in [1.807, 2.05) is 12.3 Å². The molecule has 1 aliphatic rings. The van der Waals surface area contributed by atoms with Crippen LogP contribution in [0.4, 0.5) is 5.69 Å². The minimum absolute atomic E-state index is 1.11. The Morgan fingerprint density at radius 3 is 2.58 bits per heavy atom. The normalized spacial score (nSPS) is 19.9. The lowest BCUT2D eigenvalue weighted by Crippen LogP contribution is -2.44. The first-order chi connectivity index (χ1) is 5.86. The van der Waals surface area contributed by atoms with Crippen LogP contribution >= 0.6 is 0 Å². The zero-order valence-electron chi connectivity index (χ0n) is 7.36. The van der Waals surface area contributed by atoms with Crippen molar-refractivity contribution in [3.8, 4) is 0 Å². The maximum Gasteiger partial charge on any atom is 0.114 e. The van der Waals surface area contributed by atoms with E-state index in [1.165, 1.54) is 5.69 Å². The standard InChI is InChI=1S/C9H14N2O/c1-10-3-5-11(6-4-10)9-2-7-12-8-9/h2,7-8H,3-6H2,1H3.